The molecule has 2 fully saturated rings. The van der Waals surface area contributed by atoms with E-state index in [4.69, 9.17) is 0 Å². The monoisotopic (exact) mass is 717 g/mol. The van der Waals surface area contributed by atoms with Crippen molar-refractivity contribution < 1.29 is 0 Å². The van der Waals surface area contributed by atoms with Gasteiger partial charge in [-0.1, -0.05) is 163 Å². The minimum atomic E-state index is -0.0864. The van der Waals surface area contributed by atoms with E-state index in [1.807, 2.05) is 0 Å². The maximum atomic E-state index is 2.62. The molecule has 4 aliphatic carbocycles. The van der Waals surface area contributed by atoms with Gasteiger partial charge in [-0.25, -0.2) is 0 Å². The van der Waals surface area contributed by atoms with Crippen molar-refractivity contribution in [1.82, 2.24) is 0 Å². The van der Waals surface area contributed by atoms with Crippen molar-refractivity contribution in [2.24, 2.45) is 0 Å². The molecule has 0 aliphatic heterocycles. The van der Waals surface area contributed by atoms with Crippen molar-refractivity contribution in [3.8, 4) is 33.4 Å². The van der Waals surface area contributed by atoms with Gasteiger partial charge in [0.1, 0.15) is 0 Å². The number of benzene rings is 6. The van der Waals surface area contributed by atoms with Gasteiger partial charge in [0.25, 0.3) is 0 Å². The Morgan fingerprint density at radius 2 is 1.07 bits per heavy atom. The van der Waals surface area contributed by atoms with Crippen LogP contribution < -0.4 is 4.90 Å². The number of hydrogen-bond acceptors (Lipinski definition) is 1. The van der Waals surface area contributed by atoms with Gasteiger partial charge >= 0.3 is 0 Å². The maximum Gasteiger partial charge on any atom is 0.0542 e. The molecule has 0 saturated heterocycles. The van der Waals surface area contributed by atoms with Crippen molar-refractivity contribution in [1.29, 1.82) is 0 Å². The molecule has 0 amide bonds. The minimum Gasteiger partial charge on any atom is -0.310 e. The molecule has 6 aromatic carbocycles. The van der Waals surface area contributed by atoms with Crippen LogP contribution in [0.25, 0.3) is 33.4 Å². The molecule has 4 aliphatic rings. The first-order valence-electron chi connectivity index (χ1n) is 21.4. The Morgan fingerprint density at radius 1 is 0.509 bits per heavy atom. The van der Waals surface area contributed by atoms with E-state index in [0.717, 1.165) is 0 Å². The molecule has 0 heterocycles. The van der Waals surface area contributed by atoms with Gasteiger partial charge in [-0.2, -0.15) is 0 Å². The molecule has 1 nitrogen and oxygen atoms in total. The zero-order chi connectivity index (χ0) is 37.3. The van der Waals surface area contributed by atoms with Crippen LogP contribution in [0.4, 0.5) is 17.1 Å². The molecule has 2 saturated carbocycles. The van der Waals surface area contributed by atoms with Gasteiger partial charge in [-0.3, -0.25) is 0 Å². The SMILES string of the molecule is CC(C)c1ccc(-c2ccc(C3CCCCC3)cc2)c(N(c2ccc3c(c2)C(C)(C)c2ccccc2-3)c2ccc3c(c2)C2(CCCCC2)c2ccccc2-3)c1. The Morgan fingerprint density at radius 3 is 1.76 bits per heavy atom. The first-order chi connectivity index (χ1) is 26.8. The number of nitrogens with zero attached hydrogens (tertiary/aromatic N) is 1. The molecular formula is C54H55N. The molecular weight excluding hydrogens is 663 g/mol. The summed E-state index contributed by atoms with van der Waals surface area (Å²) in [5.41, 5.74) is 20.7. The molecule has 276 valence electrons. The second-order valence-corrected chi connectivity index (χ2v) is 18.0. The quantitative estimate of drug-likeness (QED) is 0.166. The van der Waals surface area contributed by atoms with Gasteiger partial charge in [-0.15, -0.1) is 0 Å². The second-order valence-electron chi connectivity index (χ2n) is 18.0. The molecule has 0 bridgehead atoms. The van der Waals surface area contributed by atoms with Crippen LogP contribution in [0.2, 0.25) is 0 Å². The third-order valence-electron chi connectivity index (χ3n) is 14.3. The van der Waals surface area contributed by atoms with Crippen molar-refractivity contribution >= 4 is 17.1 Å². The van der Waals surface area contributed by atoms with Crippen LogP contribution in [-0.4, -0.2) is 0 Å². The normalized spacial score (nSPS) is 17.8. The van der Waals surface area contributed by atoms with Crippen LogP contribution in [0.1, 0.15) is 137 Å². The smallest absolute Gasteiger partial charge is 0.0542 e. The van der Waals surface area contributed by atoms with Gasteiger partial charge in [0.15, 0.2) is 0 Å². The second kappa shape index (κ2) is 13.4. The van der Waals surface area contributed by atoms with Crippen LogP contribution >= 0.6 is 0 Å². The van der Waals surface area contributed by atoms with E-state index >= 15 is 0 Å². The summed E-state index contributed by atoms with van der Waals surface area (Å²) in [6.07, 6.45) is 13.1. The standard InChI is InChI=1S/C54H55N/c1-36(2)40-25-28-43(39-23-21-38(22-24-39)37-15-7-5-8-16-37)52(33-40)55(41-26-29-46-44-17-9-11-19-48(44)53(3,4)50(46)34-41)42-27-30-47-45-18-10-12-20-49(45)54(51(47)35-42)31-13-6-14-32-54/h9-12,17-30,33-37H,5-8,13-16,31-32H2,1-4H3. The van der Waals surface area contributed by atoms with Crippen LogP contribution in [-0.2, 0) is 10.8 Å². The average Bonchev–Trinajstić information content (AvgIpc) is 3.62. The van der Waals surface area contributed by atoms with Gasteiger partial charge in [0, 0.05) is 27.8 Å². The Balaban J connectivity index is 1.19. The number of hydrogen-bond donors (Lipinski definition) is 0. The van der Waals surface area contributed by atoms with Crippen molar-refractivity contribution in [2.45, 2.75) is 115 Å². The van der Waals surface area contributed by atoms with Crippen LogP contribution in [0.15, 0.2) is 127 Å². The summed E-state index contributed by atoms with van der Waals surface area (Å²) in [6.45, 7) is 9.47. The Kier molecular flexibility index (Phi) is 8.43. The highest BCUT2D eigenvalue weighted by Crippen LogP contribution is 2.58. The molecule has 0 radical (unpaired) electrons. The fourth-order valence-electron chi connectivity index (χ4n) is 11.2. The van der Waals surface area contributed by atoms with E-state index in [1.54, 1.807) is 5.56 Å². The van der Waals surface area contributed by atoms with Crippen LogP contribution in [0, 0.1) is 0 Å². The summed E-state index contributed by atoms with van der Waals surface area (Å²) in [6, 6.07) is 50.1. The summed E-state index contributed by atoms with van der Waals surface area (Å²) in [4.78, 5) is 2.62. The minimum absolute atomic E-state index is 0.0864. The van der Waals surface area contributed by atoms with Gasteiger partial charge in [0.05, 0.1) is 5.69 Å². The van der Waals surface area contributed by atoms with Crippen molar-refractivity contribution in [3.63, 3.8) is 0 Å². The molecule has 0 atom stereocenters. The lowest BCUT2D eigenvalue weighted by Crippen LogP contribution is -2.28. The molecule has 0 N–H and O–H groups in total. The number of fused-ring (bicyclic) bond motifs is 8. The molecule has 1 heteroatoms. The first kappa shape index (κ1) is 34.6. The third kappa shape index (κ3) is 5.55. The highest BCUT2D eigenvalue weighted by atomic mass is 15.1. The lowest BCUT2D eigenvalue weighted by atomic mass is 9.68. The molecule has 0 unspecified atom stereocenters. The average molecular weight is 718 g/mol. The number of anilines is 3. The fourth-order valence-corrected chi connectivity index (χ4v) is 11.2. The fraction of sp³-hybridized carbons (Fsp3) is 0.333. The predicted octanol–water partition coefficient (Wildman–Crippen LogP) is 15.5. The molecule has 6 aromatic rings. The van der Waals surface area contributed by atoms with Crippen molar-refractivity contribution in [3.05, 3.63) is 161 Å². The van der Waals surface area contributed by atoms with E-state index in [1.165, 1.54) is 142 Å². The summed E-state index contributed by atoms with van der Waals surface area (Å²) in [5.74, 6) is 1.11. The van der Waals surface area contributed by atoms with E-state index in [9.17, 15) is 0 Å². The van der Waals surface area contributed by atoms with E-state index in [0.29, 0.717) is 11.8 Å². The lowest BCUT2D eigenvalue weighted by molar-refractivity contribution is 0.353. The maximum absolute atomic E-state index is 2.62. The highest BCUT2D eigenvalue weighted by Gasteiger charge is 2.44. The molecule has 0 aromatic heterocycles. The first-order valence-corrected chi connectivity index (χ1v) is 21.4. The Bertz CT molecular complexity index is 2400. The van der Waals surface area contributed by atoms with Crippen LogP contribution in [0.5, 0.6) is 0 Å². The Labute approximate surface area is 329 Å². The Hall–Kier alpha value is -4.88. The highest BCUT2D eigenvalue weighted by molar-refractivity contribution is 5.92. The summed E-state index contributed by atoms with van der Waals surface area (Å²) in [7, 11) is 0. The van der Waals surface area contributed by atoms with Gasteiger partial charge in [-0.05, 0) is 129 Å². The third-order valence-corrected chi connectivity index (χ3v) is 14.3. The van der Waals surface area contributed by atoms with Gasteiger partial charge < -0.3 is 4.90 Å². The van der Waals surface area contributed by atoms with Crippen molar-refractivity contribution in [2.75, 3.05) is 4.90 Å². The van der Waals surface area contributed by atoms with Crippen LogP contribution in [0.3, 0.4) is 0 Å². The molecule has 55 heavy (non-hydrogen) atoms. The zero-order valence-electron chi connectivity index (χ0n) is 33.3. The lowest BCUT2D eigenvalue weighted by Gasteiger charge is -2.37. The number of rotatable bonds is 6. The summed E-state index contributed by atoms with van der Waals surface area (Å²) < 4.78 is 0. The topological polar surface area (TPSA) is 3.24 Å². The van der Waals surface area contributed by atoms with Gasteiger partial charge in [0.2, 0.25) is 0 Å². The largest absolute Gasteiger partial charge is 0.310 e. The van der Waals surface area contributed by atoms with E-state index in [2.05, 4.69) is 160 Å². The van der Waals surface area contributed by atoms with E-state index < -0.39 is 0 Å². The van der Waals surface area contributed by atoms with E-state index in [-0.39, 0.29) is 10.8 Å². The summed E-state index contributed by atoms with van der Waals surface area (Å²) in [5, 5.41) is 0. The molecule has 1 spiro atoms. The summed E-state index contributed by atoms with van der Waals surface area (Å²) >= 11 is 0. The zero-order valence-corrected chi connectivity index (χ0v) is 33.3. The predicted molar refractivity (Wildman–Crippen MR) is 233 cm³/mol. The molecule has 10 rings (SSSR count).